The molecule has 0 aromatic heterocycles. The smallest absolute Gasteiger partial charge is 0.251 e. The molecule has 5 nitrogen and oxygen atoms in total. The minimum Gasteiger partial charge on any atom is -0.490 e. The number of amides is 1. The Labute approximate surface area is 136 Å². The van der Waals surface area contributed by atoms with E-state index in [1.165, 1.54) is 0 Å². The fourth-order valence-corrected chi connectivity index (χ4v) is 2.17. The summed E-state index contributed by atoms with van der Waals surface area (Å²) in [4.78, 5) is 12.2. The molecule has 0 heterocycles. The third-order valence-corrected chi connectivity index (χ3v) is 3.10. The van der Waals surface area contributed by atoms with Crippen LogP contribution < -0.4 is 14.8 Å². The minimum absolute atomic E-state index is 0.0946. The van der Waals surface area contributed by atoms with Gasteiger partial charge in [0.1, 0.15) is 0 Å². The molecule has 0 saturated heterocycles. The third kappa shape index (κ3) is 5.39. The number of carbonyl (C=O) groups is 1. The summed E-state index contributed by atoms with van der Waals surface area (Å²) in [6.07, 6.45) is 0.860. The Morgan fingerprint density at radius 1 is 1.32 bits per heavy atom. The summed E-state index contributed by atoms with van der Waals surface area (Å²) in [5.74, 6) is 0.731. The molecule has 0 spiro atoms. The fourth-order valence-electron chi connectivity index (χ4n) is 1.91. The number of nitrogens with one attached hydrogen (secondary N) is 1. The summed E-state index contributed by atoms with van der Waals surface area (Å²) in [7, 11) is 1.59. The molecule has 0 fully saturated rings. The van der Waals surface area contributed by atoms with Crippen molar-refractivity contribution in [1.29, 1.82) is 0 Å². The molecule has 1 aromatic carbocycles. The highest BCUT2D eigenvalue weighted by Gasteiger charge is 2.17. The van der Waals surface area contributed by atoms with Crippen molar-refractivity contribution >= 4 is 17.5 Å². The molecule has 0 aliphatic rings. The Morgan fingerprint density at radius 2 is 2.05 bits per heavy atom. The Balaban J connectivity index is 2.99. The van der Waals surface area contributed by atoms with Gasteiger partial charge in [-0.05, 0) is 32.4 Å². The molecule has 1 rings (SSSR count). The minimum atomic E-state index is -0.227. The molecule has 124 valence electrons. The van der Waals surface area contributed by atoms with E-state index in [2.05, 4.69) is 5.32 Å². The lowest BCUT2D eigenvalue weighted by atomic mass is 10.1. The second-order valence-electron chi connectivity index (χ2n) is 4.90. The van der Waals surface area contributed by atoms with Gasteiger partial charge in [0.05, 0.1) is 24.8 Å². The van der Waals surface area contributed by atoms with E-state index in [1.807, 2.05) is 20.8 Å². The van der Waals surface area contributed by atoms with Crippen LogP contribution in [0, 0.1) is 0 Å². The molecule has 1 N–H and O–H groups in total. The van der Waals surface area contributed by atoms with Gasteiger partial charge in [0.2, 0.25) is 0 Å². The summed E-state index contributed by atoms with van der Waals surface area (Å²) >= 11 is 6.24. The average Bonchev–Trinajstić information content (AvgIpc) is 2.46. The van der Waals surface area contributed by atoms with Crippen LogP contribution in [0.3, 0.4) is 0 Å². The van der Waals surface area contributed by atoms with Gasteiger partial charge in [-0.15, -0.1) is 0 Å². The monoisotopic (exact) mass is 329 g/mol. The van der Waals surface area contributed by atoms with E-state index in [4.69, 9.17) is 25.8 Å². The zero-order valence-corrected chi connectivity index (χ0v) is 14.3. The Hall–Kier alpha value is -1.46. The summed E-state index contributed by atoms with van der Waals surface area (Å²) < 4.78 is 16.2. The van der Waals surface area contributed by atoms with Gasteiger partial charge in [-0.1, -0.05) is 18.5 Å². The van der Waals surface area contributed by atoms with E-state index >= 15 is 0 Å². The molecular formula is C16H24ClNO4. The summed E-state index contributed by atoms with van der Waals surface area (Å²) in [5.41, 5.74) is 0.431. The highest BCUT2D eigenvalue weighted by Crippen LogP contribution is 2.36. The molecular weight excluding hydrogens is 306 g/mol. The van der Waals surface area contributed by atoms with Gasteiger partial charge in [0, 0.05) is 18.7 Å². The number of halogens is 1. The van der Waals surface area contributed by atoms with Gasteiger partial charge < -0.3 is 19.5 Å². The number of rotatable bonds is 9. The molecule has 0 aliphatic heterocycles. The van der Waals surface area contributed by atoms with Crippen molar-refractivity contribution in [3.05, 3.63) is 22.7 Å². The summed E-state index contributed by atoms with van der Waals surface area (Å²) in [6, 6.07) is 3.14. The van der Waals surface area contributed by atoms with Gasteiger partial charge in [-0.25, -0.2) is 0 Å². The SMILES string of the molecule is CCCOc1c(Cl)cc(C(=O)N[C@H](C)COC)cc1OCC. The van der Waals surface area contributed by atoms with Crippen molar-refractivity contribution in [2.24, 2.45) is 0 Å². The lowest BCUT2D eigenvalue weighted by Crippen LogP contribution is -2.35. The molecule has 1 amide bonds. The number of ether oxygens (including phenoxy) is 3. The molecule has 0 saturated carbocycles. The number of hydrogen-bond acceptors (Lipinski definition) is 4. The van der Waals surface area contributed by atoms with Crippen molar-refractivity contribution in [1.82, 2.24) is 5.32 Å². The second kappa shape index (κ2) is 9.54. The molecule has 22 heavy (non-hydrogen) atoms. The van der Waals surface area contributed by atoms with Gasteiger partial charge in [0.15, 0.2) is 11.5 Å². The molecule has 0 aliphatic carbocycles. The first-order valence-electron chi connectivity index (χ1n) is 7.42. The number of hydrogen-bond donors (Lipinski definition) is 1. The number of carbonyl (C=O) groups excluding carboxylic acids is 1. The van der Waals surface area contributed by atoms with Crippen LogP contribution in [0.25, 0.3) is 0 Å². The molecule has 6 heteroatoms. The molecule has 1 atom stereocenters. The topological polar surface area (TPSA) is 56.8 Å². The van der Waals surface area contributed by atoms with Crippen LogP contribution >= 0.6 is 11.6 Å². The Bertz CT molecular complexity index is 493. The molecule has 1 aromatic rings. The van der Waals surface area contributed by atoms with E-state index in [1.54, 1.807) is 19.2 Å². The third-order valence-electron chi connectivity index (χ3n) is 2.82. The lowest BCUT2D eigenvalue weighted by Gasteiger charge is -2.16. The first kappa shape index (κ1) is 18.6. The highest BCUT2D eigenvalue weighted by atomic mass is 35.5. The van der Waals surface area contributed by atoms with E-state index in [-0.39, 0.29) is 11.9 Å². The fraction of sp³-hybridized carbons (Fsp3) is 0.562. The van der Waals surface area contributed by atoms with Crippen LogP contribution in [-0.4, -0.2) is 38.9 Å². The predicted octanol–water partition coefficient (Wildman–Crippen LogP) is 3.29. The number of benzene rings is 1. The summed E-state index contributed by atoms with van der Waals surface area (Å²) in [6.45, 7) is 7.18. The standard InChI is InChI=1S/C16H24ClNO4/c1-5-7-22-15-13(17)8-12(9-14(15)21-6-2)16(19)18-11(3)10-20-4/h8-9,11H,5-7,10H2,1-4H3,(H,18,19)/t11-/m1/s1. The summed E-state index contributed by atoms with van der Waals surface area (Å²) in [5, 5.41) is 3.20. The maximum Gasteiger partial charge on any atom is 0.251 e. The van der Waals surface area contributed by atoms with Gasteiger partial charge in [0.25, 0.3) is 5.91 Å². The largest absolute Gasteiger partial charge is 0.490 e. The van der Waals surface area contributed by atoms with Crippen molar-refractivity contribution in [2.45, 2.75) is 33.2 Å². The predicted molar refractivity (Wildman–Crippen MR) is 87.2 cm³/mol. The van der Waals surface area contributed by atoms with Crippen LogP contribution in [-0.2, 0) is 4.74 Å². The van der Waals surface area contributed by atoms with E-state index in [9.17, 15) is 4.79 Å². The highest BCUT2D eigenvalue weighted by molar-refractivity contribution is 6.32. The Kier molecular flexibility index (Phi) is 8.06. The van der Waals surface area contributed by atoms with Gasteiger partial charge >= 0.3 is 0 Å². The van der Waals surface area contributed by atoms with Crippen LogP contribution in [0.1, 0.15) is 37.6 Å². The van der Waals surface area contributed by atoms with Crippen LogP contribution in [0.5, 0.6) is 11.5 Å². The van der Waals surface area contributed by atoms with E-state index < -0.39 is 0 Å². The van der Waals surface area contributed by atoms with Gasteiger partial charge in [-0.2, -0.15) is 0 Å². The molecule has 0 unspecified atom stereocenters. The number of methoxy groups -OCH3 is 1. The average molecular weight is 330 g/mol. The van der Waals surface area contributed by atoms with Gasteiger partial charge in [-0.3, -0.25) is 4.79 Å². The van der Waals surface area contributed by atoms with Crippen LogP contribution in [0.4, 0.5) is 0 Å². The first-order chi connectivity index (χ1) is 10.5. The Morgan fingerprint density at radius 3 is 2.64 bits per heavy atom. The van der Waals surface area contributed by atoms with Crippen molar-refractivity contribution in [3.63, 3.8) is 0 Å². The normalized spacial score (nSPS) is 11.9. The zero-order valence-electron chi connectivity index (χ0n) is 13.6. The maximum absolute atomic E-state index is 12.2. The molecule has 0 bridgehead atoms. The zero-order chi connectivity index (χ0) is 16.5. The van der Waals surface area contributed by atoms with E-state index in [0.717, 1.165) is 6.42 Å². The van der Waals surface area contributed by atoms with E-state index in [0.29, 0.717) is 41.9 Å². The molecule has 0 radical (unpaired) electrons. The quantitative estimate of drug-likeness (QED) is 0.755. The lowest BCUT2D eigenvalue weighted by molar-refractivity contribution is 0.0905. The maximum atomic E-state index is 12.2. The first-order valence-corrected chi connectivity index (χ1v) is 7.80. The van der Waals surface area contributed by atoms with Crippen molar-refractivity contribution in [3.8, 4) is 11.5 Å². The van der Waals surface area contributed by atoms with Crippen molar-refractivity contribution < 1.29 is 19.0 Å². The van der Waals surface area contributed by atoms with Crippen molar-refractivity contribution in [2.75, 3.05) is 26.9 Å². The second-order valence-corrected chi connectivity index (χ2v) is 5.30. The van der Waals surface area contributed by atoms with Crippen LogP contribution in [0.2, 0.25) is 5.02 Å². The van der Waals surface area contributed by atoms with Crippen LogP contribution in [0.15, 0.2) is 12.1 Å².